The van der Waals surface area contributed by atoms with E-state index >= 15 is 0 Å². The van der Waals surface area contributed by atoms with Crippen LogP contribution in [0.3, 0.4) is 0 Å². The SMILES string of the molecule is COc1ccccc1C1CCN(c2cc(N3CCCC(CO)C3)ncn2)C1. The zero-order valence-electron chi connectivity index (χ0n) is 15.9. The molecule has 2 saturated heterocycles. The lowest BCUT2D eigenvalue weighted by molar-refractivity contribution is 0.208. The third-order valence-corrected chi connectivity index (χ3v) is 5.83. The first-order valence-electron chi connectivity index (χ1n) is 9.84. The van der Waals surface area contributed by atoms with Crippen LogP contribution in [0.5, 0.6) is 5.75 Å². The maximum Gasteiger partial charge on any atom is 0.134 e. The van der Waals surface area contributed by atoms with Crippen molar-refractivity contribution in [3.05, 3.63) is 42.2 Å². The first-order chi connectivity index (χ1) is 13.3. The van der Waals surface area contributed by atoms with E-state index in [4.69, 9.17) is 4.74 Å². The molecule has 0 amide bonds. The molecule has 2 atom stereocenters. The highest BCUT2D eigenvalue weighted by molar-refractivity contribution is 5.52. The van der Waals surface area contributed by atoms with E-state index in [9.17, 15) is 5.11 Å². The first kappa shape index (κ1) is 18.0. The van der Waals surface area contributed by atoms with Crippen LogP contribution in [0.4, 0.5) is 11.6 Å². The van der Waals surface area contributed by atoms with Gasteiger partial charge in [0.25, 0.3) is 0 Å². The van der Waals surface area contributed by atoms with Gasteiger partial charge in [0.1, 0.15) is 23.7 Å². The lowest BCUT2D eigenvalue weighted by Gasteiger charge is -2.33. The molecule has 0 radical (unpaired) electrons. The maximum absolute atomic E-state index is 9.49. The zero-order valence-corrected chi connectivity index (χ0v) is 15.9. The molecule has 2 aromatic rings. The molecule has 4 rings (SSSR count). The average molecular weight is 368 g/mol. The number of aliphatic hydroxyl groups is 1. The Morgan fingerprint density at radius 2 is 1.85 bits per heavy atom. The molecular weight excluding hydrogens is 340 g/mol. The van der Waals surface area contributed by atoms with Crippen LogP contribution in [0.15, 0.2) is 36.7 Å². The average Bonchev–Trinajstić information content (AvgIpc) is 3.24. The van der Waals surface area contributed by atoms with Crippen LogP contribution >= 0.6 is 0 Å². The number of methoxy groups -OCH3 is 1. The van der Waals surface area contributed by atoms with E-state index in [1.54, 1.807) is 13.4 Å². The summed E-state index contributed by atoms with van der Waals surface area (Å²) < 4.78 is 5.55. The predicted octanol–water partition coefficient (Wildman–Crippen LogP) is 2.69. The number of nitrogens with zero attached hydrogens (tertiary/aromatic N) is 4. The summed E-state index contributed by atoms with van der Waals surface area (Å²) in [5.74, 6) is 3.73. The second-order valence-electron chi connectivity index (χ2n) is 7.54. The molecule has 6 nitrogen and oxygen atoms in total. The van der Waals surface area contributed by atoms with Crippen molar-refractivity contribution in [2.24, 2.45) is 5.92 Å². The maximum atomic E-state index is 9.49. The fraction of sp³-hybridized carbons (Fsp3) is 0.524. The van der Waals surface area contributed by atoms with Crippen molar-refractivity contribution in [3.63, 3.8) is 0 Å². The molecule has 3 heterocycles. The molecular formula is C21H28N4O2. The van der Waals surface area contributed by atoms with Gasteiger partial charge in [-0.15, -0.1) is 0 Å². The summed E-state index contributed by atoms with van der Waals surface area (Å²) in [5.41, 5.74) is 1.28. The molecule has 6 heteroatoms. The van der Waals surface area contributed by atoms with Crippen molar-refractivity contribution in [1.82, 2.24) is 9.97 Å². The number of para-hydroxylation sites is 1. The molecule has 2 aliphatic rings. The second kappa shape index (κ2) is 8.13. The Kier molecular flexibility index (Phi) is 5.43. The topological polar surface area (TPSA) is 61.7 Å². The zero-order chi connectivity index (χ0) is 18.6. The Morgan fingerprint density at radius 1 is 1.07 bits per heavy atom. The van der Waals surface area contributed by atoms with Crippen LogP contribution in [0.1, 0.15) is 30.7 Å². The molecule has 0 saturated carbocycles. The van der Waals surface area contributed by atoms with Gasteiger partial charge in [0.05, 0.1) is 7.11 Å². The number of anilines is 2. The van der Waals surface area contributed by atoms with Gasteiger partial charge < -0.3 is 19.6 Å². The second-order valence-corrected chi connectivity index (χ2v) is 7.54. The van der Waals surface area contributed by atoms with Gasteiger partial charge in [-0.2, -0.15) is 0 Å². The Balaban J connectivity index is 1.48. The van der Waals surface area contributed by atoms with E-state index in [1.807, 2.05) is 12.1 Å². The largest absolute Gasteiger partial charge is 0.496 e. The van der Waals surface area contributed by atoms with Gasteiger partial charge >= 0.3 is 0 Å². The predicted molar refractivity (Wildman–Crippen MR) is 107 cm³/mol. The van der Waals surface area contributed by atoms with Crippen molar-refractivity contribution < 1.29 is 9.84 Å². The van der Waals surface area contributed by atoms with E-state index in [-0.39, 0.29) is 6.61 Å². The molecule has 0 bridgehead atoms. The Hall–Kier alpha value is -2.34. The molecule has 1 aromatic heterocycles. The van der Waals surface area contributed by atoms with Crippen molar-refractivity contribution in [2.45, 2.75) is 25.2 Å². The summed E-state index contributed by atoms with van der Waals surface area (Å²) in [4.78, 5) is 13.7. The molecule has 2 aliphatic heterocycles. The summed E-state index contributed by atoms with van der Waals surface area (Å²) >= 11 is 0. The molecule has 0 spiro atoms. The normalized spacial score (nSPS) is 22.9. The van der Waals surface area contributed by atoms with Crippen LogP contribution in [0.2, 0.25) is 0 Å². The highest BCUT2D eigenvalue weighted by atomic mass is 16.5. The van der Waals surface area contributed by atoms with Gasteiger partial charge in [0.15, 0.2) is 0 Å². The van der Waals surface area contributed by atoms with Crippen LogP contribution in [0.25, 0.3) is 0 Å². The fourth-order valence-corrected chi connectivity index (χ4v) is 4.33. The first-order valence-corrected chi connectivity index (χ1v) is 9.84. The van der Waals surface area contributed by atoms with E-state index < -0.39 is 0 Å². The minimum absolute atomic E-state index is 0.251. The minimum atomic E-state index is 0.251. The quantitative estimate of drug-likeness (QED) is 0.876. The molecule has 144 valence electrons. The van der Waals surface area contributed by atoms with Crippen molar-refractivity contribution >= 4 is 11.6 Å². The molecule has 2 unspecified atom stereocenters. The lowest BCUT2D eigenvalue weighted by atomic mass is 9.97. The lowest BCUT2D eigenvalue weighted by Crippen LogP contribution is -2.37. The molecule has 27 heavy (non-hydrogen) atoms. The van der Waals surface area contributed by atoms with Crippen molar-refractivity contribution in [1.29, 1.82) is 0 Å². The van der Waals surface area contributed by atoms with Crippen LogP contribution in [-0.4, -0.2) is 55.0 Å². The summed E-state index contributed by atoms with van der Waals surface area (Å²) in [7, 11) is 1.74. The van der Waals surface area contributed by atoms with Gasteiger partial charge in [-0.3, -0.25) is 0 Å². The molecule has 2 fully saturated rings. The number of ether oxygens (including phenoxy) is 1. The van der Waals surface area contributed by atoms with Crippen LogP contribution < -0.4 is 14.5 Å². The minimum Gasteiger partial charge on any atom is -0.496 e. The number of piperidine rings is 1. The van der Waals surface area contributed by atoms with E-state index in [0.717, 1.165) is 62.8 Å². The summed E-state index contributed by atoms with van der Waals surface area (Å²) in [6.07, 6.45) is 4.96. The number of rotatable bonds is 5. The number of benzene rings is 1. The van der Waals surface area contributed by atoms with E-state index in [0.29, 0.717) is 11.8 Å². The molecule has 1 aromatic carbocycles. The summed E-state index contributed by atoms with van der Waals surface area (Å²) in [6, 6.07) is 10.4. The summed E-state index contributed by atoms with van der Waals surface area (Å²) in [6.45, 7) is 4.04. The summed E-state index contributed by atoms with van der Waals surface area (Å²) in [5, 5.41) is 9.49. The van der Waals surface area contributed by atoms with Gasteiger partial charge in [-0.25, -0.2) is 9.97 Å². The van der Waals surface area contributed by atoms with Gasteiger partial charge in [-0.05, 0) is 36.8 Å². The highest BCUT2D eigenvalue weighted by Gasteiger charge is 2.28. The number of aromatic nitrogens is 2. The third-order valence-electron chi connectivity index (χ3n) is 5.83. The number of hydrogen-bond acceptors (Lipinski definition) is 6. The molecule has 1 N–H and O–H groups in total. The van der Waals surface area contributed by atoms with Gasteiger partial charge in [0, 0.05) is 44.8 Å². The van der Waals surface area contributed by atoms with E-state index in [1.165, 1.54) is 5.56 Å². The number of hydrogen-bond donors (Lipinski definition) is 1. The number of aliphatic hydroxyl groups excluding tert-OH is 1. The monoisotopic (exact) mass is 368 g/mol. The van der Waals surface area contributed by atoms with Gasteiger partial charge in [0.2, 0.25) is 0 Å². The standard InChI is InChI=1S/C21H28N4O2/c1-27-19-7-3-2-6-18(19)17-8-10-25(13-17)21-11-20(22-15-23-21)24-9-4-5-16(12-24)14-26/h2-3,6-7,11,15-17,26H,4-5,8-10,12-14H2,1H3. The van der Waals surface area contributed by atoms with Gasteiger partial charge in [-0.1, -0.05) is 18.2 Å². The van der Waals surface area contributed by atoms with Crippen molar-refractivity contribution in [2.75, 3.05) is 49.7 Å². The Bertz CT molecular complexity index is 769. The Morgan fingerprint density at radius 3 is 2.63 bits per heavy atom. The Labute approximate surface area is 160 Å². The highest BCUT2D eigenvalue weighted by Crippen LogP contribution is 2.35. The fourth-order valence-electron chi connectivity index (χ4n) is 4.33. The van der Waals surface area contributed by atoms with E-state index in [2.05, 4.69) is 38.0 Å². The van der Waals surface area contributed by atoms with Crippen LogP contribution in [0, 0.1) is 5.92 Å². The van der Waals surface area contributed by atoms with Crippen LogP contribution in [-0.2, 0) is 0 Å². The molecule has 0 aliphatic carbocycles. The third kappa shape index (κ3) is 3.86. The van der Waals surface area contributed by atoms with Crippen molar-refractivity contribution in [3.8, 4) is 5.75 Å². The smallest absolute Gasteiger partial charge is 0.134 e.